The van der Waals surface area contributed by atoms with Gasteiger partial charge in [0.25, 0.3) is 0 Å². The number of hydrogen-bond acceptors (Lipinski definition) is 3. The molecule has 0 atom stereocenters. The zero-order chi connectivity index (χ0) is 13.1. The molecular formula is C14H13ClO3. The lowest BCUT2D eigenvalue weighted by Crippen LogP contribution is -1.90. The SMILES string of the molecule is COc1ccc(OC)c(-c2cc(Cl)ccc2O)c1. The van der Waals surface area contributed by atoms with E-state index in [4.69, 9.17) is 21.1 Å². The van der Waals surface area contributed by atoms with E-state index >= 15 is 0 Å². The molecule has 18 heavy (non-hydrogen) atoms. The molecule has 0 aliphatic carbocycles. The Kier molecular flexibility index (Phi) is 3.63. The molecule has 2 aromatic carbocycles. The normalized spacial score (nSPS) is 10.2. The van der Waals surface area contributed by atoms with Crippen molar-refractivity contribution in [1.29, 1.82) is 0 Å². The van der Waals surface area contributed by atoms with Gasteiger partial charge in [-0.05, 0) is 36.4 Å². The zero-order valence-electron chi connectivity index (χ0n) is 10.1. The van der Waals surface area contributed by atoms with Crippen molar-refractivity contribution in [3.05, 3.63) is 41.4 Å². The summed E-state index contributed by atoms with van der Waals surface area (Å²) in [5, 5.41) is 10.5. The number of ether oxygens (including phenoxy) is 2. The molecule has 0 saturated carbocycles. The highest BCUT2D eigenvalue weighted by Gasteiger charge is 2.12. The van der Waals surface area contributed by atoms with Crippen molar-refractivity contribution < 1.29 is 14.6 Å². The fourth-order valence-electron chi connectivity index (χ4n) is 1.75. The predicted molar refractivity (Wildman–Crippen MR) is 71.7 cm³/mol. The molecule has 0 heterocycles. The number of phenolic OH excluding ortho intramolecular Hbond substituents is 1. The molecular weight excluding hydrogens is 252 g/mol. The maximum atomic E-state index is 9.92. The molecule has 0 saturated heterocycles. The van der Waals surface area contributed by atoms with Gasteiger partial charge in [0.05, 0.1) is 14.2 Å². The van der Waals surface area contributed by atoms with E-state index in [1.54, 1.807) is 50.6 Å². The molecule has 2 aromatic rings. The van der Waals surface area contributed by atoms with E-state index in [0.29, 0.717) is 22.1 Å². The Morgan fingerprint density at radius 1 is 0.944 bits per heavy atom. The molecule has 0 radical (unpaired) electrons. The van der Waals surface area contributed by atoms with Crippen molar-refractivity contribution in [2.45, 2.75) is 0 Å². The predicted octanol–water partition coefficient (Wildman–Crippen LogP) is 3.73. The third kappa shape index (κ3) is 2.36. The van der Waals surface area contributed by atoms with Gasteiger partial charge in [-0.25, -0.2) is 0 Å². The van der Waals surface area contributed by atoms with Gasteiger partial charge < -0.3 is 14.6 Å². The standard InChI is InChI=1S/C14H13ClO3/c1-17-10-4-6-14(18-2)12(8-10)11-7-9(15)3-5-13(11)16/h3-8,16H,1-2H3. The molecule has 0 bridgehead atoms. The number of methoxy groups -OCH3 is 2. The average Bonchev–Trinajstić information content (AvgIpc) is 2.40. The minimum atomic E-state index is 0.144. The molecule has 0 aliphatic rings. The lowest BCUT2D eigenvalue weighted by molar-refractivity contribution is 0.404. The number of benzene rings is 2. The van der Waals surface area contributed by atoms with Gasteiger partial charge in [0.15, 0.2) is 0 Å². The van der Waals surface area contributed by atoms with E-state index in [2.05, 4.69) is 0 Å². The van der Waals surface area contributed by atoms with E-state index in [1.165, 1.54) is 0 Å². The smallest absolute Gasteiger partial charge is 0.127 e. The molecule has 1 N–H and O–H groups in total. The van der Waals surface area contributed by atoms with Crippen LogP contribution in [-0.2, 0) is 0 Å². The second-order valence-electron chi connectivity index (χ2n) is 3.73. The summed E-state index contributed by atoms with van der Waals surface area (Å²) in [4.78, 5) is 0. The van der Waals surface area contributed by atoms with Crippen molar-refractivity contribution in [3.8, 4) is 28.4 Å². The van der Waals surface area contributed by atoms with Gasteiger partial charge in [-0.2, -0.15) is 0 Å². The number of halogens is 1. The second kappa shape index (κ2) is 5.19. The van der Waals surface area contributed by atoms with Crippen molar-refractivity contribution in [1.82, 2.24) is 0 Å². The van der Waals surface area contributed by atoms with Crippen LogP contribution < -0.4 is 9.47 Å². The van der Waals surface area contributed by atoms with Crippen LogP contribution in [0, 0.1) is 0 Å². The number of phenols is 1. The van der Waals surface area contributed by atoms with Gasteiger partial charge in [-0.1, -0.05) is 11.6 Å². The summed E-state index contributed by atoms with van der Waals surface area (Å²) >= 11 is 5.95. The quantitative estimate of drug-likeness (QED) is 0.918. The van der Waals surface area contributed by atoms with Crippen LogP contribution in [0.1, 0.15) is 0 Å². The lowest BCUT2D eigenvalue weighted by Gasteiger charge is -2.12. The summed E-state index contributed by atoms with van der Waals surface area (Å²) in [5.74, 6) is 1.48. The molecule has 2 rings (SSSR count). The Labute approximate surface area is 111 Å². The number of rotatable bonds is 3. The monoisotopic (exact) mass is 264 g/mol. The first-order valence-corrected chi connectivity index (χ1v) is 5.74. The summed E-state index contributed by atoms with van der Waals surface area (Å²) in [7, 11) is 3.16. The highest BCUT2D eigenvalue weighted by atomic mass is 35.5. The molecule has 0 spiro atoms. The second-order valence-corrected chi connectivity index (χ2v) is 4.16. The molecule has 94 valence electrons. The summed E-state index contributed by atoms with van der Waals surface area (Å²) in [6, 6.07) is 10.3. The number of hydrogen-bond donors (Lipinski definition) is 1. The maximum Gasteiger partial charge on any atom is 0.127 e. The molecule has 0 amide bonds. The van der Waals surface area contributed by atoms with E-state index in [-0.39, 0.29) is 5.75 Å². The van der Waals surface area contributed by atoms with E-state index in [0.717, 1.165) is 5.56 Å². The van der Waals surface area contributed by atoms with E-state index in [1.807, 2.05) is 0 Å². The van der Waals surface area contributed by atoms with Crippen LogP contribution in [0.4, 0.5) is 0 Å². The Bertz CT molecular complexity index is 567. The average molecular weight is 265 g/mol. The summed E-state index contributed by atoms with van der Waals surface area (Å²) in [5.41, 5.74) is 1.34. The third-order valence-corrected chi connectivity index (χ3v) is 2.89. The molecule has 3 nitrogen and oxygen atoms in total. The summed E-state index contributed by atoms with van der Waals surface area (Å²) in [6.45, 7) is 0. The minimum absolute atomic E-state index is 0.144. The molecule has 0 aliphatic heterocycles. The fraction of sp³-hybridized carbons (Fsp3) is 0.143. The first kappa shape index (κ1) is 12.6. The lowest BCUT2D eigenvalue weighted by atomic mass is 10.0. The highest BCUT2D eigenvalue weighted by molar-refractivity contribution is 6.31. The first-order valence-electron chi connectivity index (χ1n) is 5.36. The van der Waals surface area contributed by atoms with E-state index < -0.39 is 0 Å². The van der Waals surface area contributed by atoms with Crippen LogP contribution in [-0.4, -0.2) is 19.3 Å². The van der Waals surface area contributed by atoms with Crippen LogP contribution in [0.15, 0.2) is 36.4 Å². The largest absolute Gasteiger partial charge is 0.507 e. The fourth-order valence-corrected chi connectivity index (χ4v) is 1.92. The highest BCUT2D eigenvalue weighted by Crippen LogP contribution is 2.39. The Hall–Kier alpha value is -1.87. The van der Waals surface area contributed by atoms with Gasteiger partial charge in [-0.3, -0.25) is 0 Å². The van der Waals surface area contributed by atoms with E-state index in [9.17, 15) is 5.11 Å². The first-order chi connectivity index (χ1) is 8.65. The van der Waals surface area contributed by atoms with Crippen LogP contribution in [0.3, 0.4) is 0 Å². The number of aromatic hydroxyl groups is 1. The Morgan fingerprint density at radius 2 is 1.72 bits per heavy atom. The van der Waals surface area contributed by atoms with Gasteiger partial charge in [0, 0.05) is 16.1 Å². The summed E-state index contributed by atoms with van der Waals surface area (Å²) in [6.07, 6.45) is 0. The van der Waals surface area contributed by atoms with Crippen LogP contribution >= 0.6 is 11.6 Å². The molecule has 0 fully saturated rings. The Balaban J connectivity index is 2.64. The van der Waals surface area contributed by atoms with Crippen molar-refractivity contribution >= 4 is 11.6 Å². The minimum Gasteiger partial charge on any atom is -0.507 e. The van der Waals surface area contributed by atoms with Gasteiger partial charge >= 0.3 is 0 Å². The third-order valence-electron chi connectivity index (χ3n) is 2.66. The van der Waals surface area contributed by atoms with Crippen molar-refractivity contribution in [2.24, 2.45) is 0 Å². The van der Waals surface area contributed by atoms with Crippen LogP contribution in [0.2, 0.25) is 5.02 Å². The summed E-state index contributed by atoms with van der Waals surface area (Å²) < 4.78 is 10.5. The van der Waals surface area contributed by atoms with Crippen LogP contribution in [0.25, 0.3) is 11.1 Å². The molecule has 0 aromatic heterocycles. The van der Waals surface area contributed by atoms with Gasteiger partial charge in [-0.15, -0.1) is 0 Å². The molecule has 0 unspecified atom stereocenters. The van der Waals surface area contributed by atoms with Crippen LogP contribution in [0.5, 0.6) is 17.2 Å². The van der Waals surface area contributed by atoms with Crippen molar-refractivity contribution in [2.75, 3.05) is 14.2 Å². The maximum absolute atomic E-state index is 9.92. The Morgan fingerprint density at radius 3 is 2.39 bits per heavy atom. The van der Waals surface area contributed by atoms with Crippen molar-refractivity contribution in [3.63, 3.8) is 0 Å². The molecule has 4 heteroatoms. The zero-order valence-corrected chi connectivity index (χ0v) is 10.9. The topological polar surface area (TPSA) is 38.7 Å². The van der Waals surface area contributed by atoms with Gasteiger partial charge in [0.1, 0.15) is 17.2 Å². The van der Waals surface area contributed by atoms with Gasteiger partial charge in [0.2, 0.25) is 0 Å².